The average Bonchev–Trinajstić information content (AvgIpc) is 3.37. The van der Waals surface area contributed by atoms with Gasteiger partial charge in [-0.3, -0.25) is 9.59 Å². The molecular formula is C19H23N3O4S. The molecule has 0 spiro atoms. The summed E-state index contributed by atoms with van der Waals surface area (Å²) >= 11 is 0. The zero-order chi connectivity index (χ0) is 19.8. The van der Waals surface area contributed by atoms with E-state index in [1.165, 1.54) is 12.1 Å². The number of pyridine rings is 1. The molecular weight excluding hydrogens is 366 g/mol. The zero-order valence-electron chi connectivity index (χ0n) is 15.5. The van der Waals surface area contributed by atoms with Gasteiger partial charge in [0.2, 0.25) is 10.0 Å². The number of amides is 1. The first-order valence-electron chi connectivity index (χ1n) is 8.78. The van der Waals surface area contributed by atoms with Crippen LogP contribution in [0.5, 0.6) is 0 Å². The van der Waals surface area contributed by atoms with Crippen LogP contribution in [0.15, 0.2) is 34.0 Å². The Morgan fingerprint density at radius 1 is 1.15 bits per heavy atom. The molecule has 1 aliphatic rings. The lowest BCUT2D eigenvalue weighted by Gasteiger charge is -2.12. The quantitative estimate of drug-likeness (QED) is 0.698. The van der Waals surface area contributed by atoms with E-state index >= 15 is 0 Å². The second kappa shape index (κ2) is 7.28. The van der Waals surface area contributed by atoms with Gasteiger partial charge < -0.3 is 10.3 Å². The maximum Gasteiger partial charge on any atom is 0.253 e. The lowest BCUT2D eigenvalue weighted by molar-refractivity contribution is 0.0950. The van der Waals surface area contributed by atoms with Crippen LogP contribution in [-0.2, 0) is 16.6 Å². The average molecular weight is 389 g/mol. The highest BCUT2D eigenvalue weighted by Gasteiger charge is 2.28. The van der Waals surface area contributed by atoms with E-state index in [0.717, 1.165) is 24.1 Å². The molecule has 1 aromatic heterocycles. The van der Waals surface area contributed by atoms with Crippen LogP contribution in [0.25, 0.3) is 0 Å². The number of carbonyl (C=O) groups is 1. The molecule has 8 heteroatoms. The number of aryl methyl sites for hydroxylation is 3. The van der Waals surface area contributed by atoms with Crippen molar-refractivity contribution >= 4 is 15.9 Å². The third kappa shape index (κ3) is 4.45. The van der Waals surface area contributed by atoms with E-state index in [4.69, 9.17) is 0 Å². The number of H-pyrrole nitrogens is 1. The molecule has 1 heterocycles. The standard InChI is InChI=1S/C19H23N3O4S/c1-11-4-7-15(27(25,26)22-14-5-6-14)9-16(11)18(23)20-10-17-12(2)8-13(3)21-19(17)24/h4,7-9,14,22H,5-6,10H2,1-3H3,(H,20,23)(H,21,24). The first-order valence-corrected chi connectivity index (χ1v) is 10.3. The van der Waals surface area contributed by atoms with Crippen LogP contribution in [-0.4, -0.2) is 25.4 Å². The molecule has 0 saturated heterocycles. The van der Waals surface area contributed by atoms with E-state index in [-0.39, 0.29) is 28.6 Å². The fourth-order valence-corrected chi connectivity index (χ4v) is 4.20. The van der Waals surface area contributed by atoms with Crippen LogP contribution in [0.3, 0.4) is 0 Å². The van der Waals surface area contributed by atoms with E-state index in [1.54, 1.807) is 19.9 Å². The molecule has 0 bridgehead atoms. The summed E-state index contributed by atoms with van der Waals surface area (Å²) in [4.78, 5) is 27.5. The largest absolute Gasteiger partial charge is 0.348 e. The van der Waals surface area contributed by atoms with Gasteiger partial charge >= 0.3 is 0 Å². The Kier molecular flexibility index (Phi) is 5.21. The highest BCUT2D eigenvalue weighted by molar-refractivity contribution is 7.89. The molecule has 1 aliphatic carbocycles. The topological polar surface area (TPSA) is 108 Å². The highest BCUT2D eigenvalue weighted by Crippen LogP contribution is 2.23. The third-order valence-electron chi connectivity index (χ3n) is 4.58. The zero-order valence-corrected chi connectivity index (χ0v) is 16.4. The van der Waals surface area contributed by atoms with Crippen molar-refractivity contribution < 1.29 is 13.2 Å². The third-order valence-corrected chi connectivity index (χ3v) is 6.10. The number of sulfonamides is 1. The van der Waals surface area contributed by atoms with Crippen molar-refractivity contribution in [3.05, 3.63) is 62.6 Å². The summed E-state index contributed by atoms with van der Waals surface area (Å²) in [5, 5.41) is 2.71. The van der Waals surface area contributed by atoms with Gasteiger partial charge in [-0.2, -0.15) is 0 Å². The number of hydrogen-bond donors (Lipinski definition) is 3. The molecule has 1 amide bonds. The number of carbonyl (C=O) groups excluding carboxylic acids is 1. The Hall–Kier alpha value is -2.45. The molecule has 1 fully saturated rings. The minimum absolute atomic E-state index is 0.00943. The molecule has 144 valence electrons. The van der Waals surface area contributed by atoms with Crippen LogP contribution in [0, 0.1) is 20.8 Å². The maximum absolute atomic E-state index is 12.6. The SMILES string of the molecule is Cc1cc(C)c(CNC(=O)c2cc(S(=O)(=O)NC3CC3)ccc2C)c(=O)[nH]1. The van der Waals surface area contributed by atoms with Crippen molar-refractivity contribution in [3.8, 4) is 0 Å². The van der Waals surface area contributed by atoms with Crippen molar-refractivity contribution in [1.29, 1.82) is 0 Å². The van der Waals surface area contributed by atoms with Crippen LogP contribution in [0.1, 0.15) is 45.6 Å². The Labute approximate surface area is 158 Å². The first-order chi connectivity index (χ1) is 12.7. The van der Waals surface area contributed by atoms with Crippen molar-refractivity contribution in [2.24, 2.45) is 0 Å². The Morgan fingerprint density at radius 2 is 1.85 bits per heavy atom. The maximum atomic E-state index is 12.6. The molecule has 3 N–H and O–H groups in total. The number of benzene rings is 1. The van der Waals surface area contributed by atoms with Gasteiger partial charge in [0.25, 0.3) is 11.5 Å². The van der Waals surface area contributed by atoms with E-state index in [2.05, 4.69) is 15.0 Å². The van der Waals surface area contributed by atoms with Crippen molar-refractivity contribution in [1.82, 2.24) is 15.0 Å². The van der Waals surface area contributed by atoms with Gasteiger partial charge in [-0.05, 0) is 62.9 Å². The fourth-order valence-electron chi connectivity index (χ4n) is 2.87. The second-order valence-corrected chi connectivity index (χ2v) is 8.71. The minimum Gasteiger partial charge on any atom is -0.348 e. The molecule has 27 heavy (non-hydrogen) atoms. The van der Waals surface area contributed by atoms with Gasteiger partial charge in [-0.1, -0.05) is 6.07 Å². The molecule has 7 nitrogen and oxygen atoms in total. The first kappa shape index (κ1) is 19.3. The lowest BCUT2D eigenvalue weighted by Crippen LogP contribution is -2.29. The van der Waals surface area contributed by atoms with Gasteiger partial charge in [-0.15, -0.1) is 0 Å². The summed E-state index contributed by atoms with van der Waals surface area (Å²) in [5.41, 5.74) is 2.71. The number of rotatable bonds is 6. The minimum atomic E-state index is -3.64. The van der Waals surface area contributed by atoms with E-state index in [0.29, 0.717) is 11.1 Å². The van der Waals surface area contributed by atoms with Crippen molar-refractivity contribution in [2.45, 2.75) is 51.1 Å². The predicted octanol–water partition coefficient (Wildman–Crippen LogP) is 1.67. The Bertz CT molecular complexity index is 1050. The molecule has 1 saturated carbocycles. The fraction of sp³-hybridized carbons (Fsp3) is 0.368. The summed E-state index contributed by atoms with van der Waals surface area (Å²) < 4.78 is 27.4. The highest BCUT2D eigenvalue weighted by atomic mass is 32.2. The van der Waals surface area contributed by atoms with Gasteiger partial charge in [0.15, 0.2) is 0 Å². The summed E-state index contributed by atoms with van der Waals surface area (Å²) in [6.07, 6.45) is 1.67. The normalized spacial score (nSPS) is 14.2. The van der Waals surface area contributed by atoms with Gasteiger partial charge in [0.1, 0.15) is 0 Å². The molecule has 0 unspecified atom stereocenters. The molecule has 0 aliphatic heterocycles. The van der Waals surface area contributed by atoms with Crippen molar-refractivity contribution in [3.63, 3.8) is 0 Å². The van der Waals surface area contributed by atoms with Crippen LogP contribution < -0.4 is 15.6 Å². The molecule has 0 atom stereocenters. The van der Waals surface area contributed by atoms with Gasteiger partial charge in [0.05, 0.1) is 4.90 Å². The smallest absolute Gasteiger partial charge is 0.253 e. The number of nitrogens with one attached hydrogen (secondary N) is 3. The molecule has 0 radical (unpaired) electrons. The van der Waals surface area contributed by atoms with Crippen LogP contribution in [0.4, 0.5) is 0 Å². The molecule has 1 aromatic carbocycles. The predicted molar refractivity (Wildman–Crippen MR) is 102 cm³/mol. The molecule has 2 aromatic rings. The molecule has 3 rings (SSSR count). The summed E-state index contributed by atoms with van der Waals surface area (Å²) in [7, 11) is -3.64. The van der Waals surface area contributed by atoms with Crippen LogP contribution >= 0.6 is 0 Å². The van der Waals surface area contributed by atoms with E-state index in [1.807, 2.05) is 13.0 Å². The van der Waals surface area contributed by atoms with E-state index < -0.39 is 15.9 Å². The monoisotopic (exact) mass is 389 g/mol. The number of aromatic amines is 1. The Morgan fingerprint density at radius 3 is 2.48 bits per heavy atom. The second-order valence-electron chi connectivity index (χ2n) is 7.00. The van der Waals surface area contributed by atoms with Crippen LogP contribution in [0.2, 0.25) is 0 Å². The van der Waals surface area contributed by atoms with E-state index in [9.17, 15) is 18.0 Å². The number of aromatic nitrogens is 1. The summed E-state index contributed by atoms with van der Waals surface area (Å²) in [5.74, 6) is -0.421. The Balaban J connectivity index is 1.80. The summed E-state index contributed by atoms with van der Waals surface area (Å²) in [6, 6.07) is 6.31. The van der Waals surface area contributed by atoms with Crippen molar-refractivity contribution in [2.75, 3.05) is 0 Å². The van der Waals surface area contributed by atoms with Gasteiger partial charge in [0, 0.05) is 29.4 Å². The number of hydrogen-bond acceptors (Lipinski definition) is 4. The summed E-state index contributed by atoms with van der Waals surface area (Å²) in [6.45, 7) is 5.41. The van der Waals surface area contributed by atoms with Gasteiger partial charge in [-0.25, -0.2) is 13.1 Å². The lowest BCUT2D eigenvalue weighted by atomic mass is 10.1.